The number of likely N-dealkylation sites (tertiary alicyclic amines) is 1. The van der Waals surface area contributed by atoms with Crippen molar-refractivity contribution < 1.29 is 9.53 Å². The van der Waals surface area contributed by atoms with E-state index in [2.05, 4.69) is 13.8 Å². The first kappa shape index (κ1) is 14.7. The van der Waals surface area contributed by atoms with Gasteiger partial charge in [-0.2, -0.15) is 0 Å². The molecule has 2 atom stereocenters. The van der Waals surface area contributed by atoms with Gasteiger partial charge in [0.1, 0.15) is 5.75 Å². The van der Waals surface area contributed by atoms with Crippen LogP contribution in [0.1, 0.15) is 44.0 Å². The Hall–Kier alpha value is -1.71. The van der Waals surface area contributed by atoms with Gasteiger partial charge in [0.25, 0.3) is 5.91 Å². The summed E-state index contributed by atoms with van der Waals surface area (Å²) in [5.41, 5.74) is 7.11. The molecule has 0 saturated carbocycles. The molecule has 1 aliphatic rings. The SMILES string of the molecule is CCOc1ccc(C(=O)N2CCCC(C)C2C)cc1N. The van der Waals surface area contributed by atoms with Crippen LogP contribution in [-0.2, 0) is 0 Å². The van der Waals surface area contributed by atoms with Gasteiger partial charge in [-0.25, -0.2) is 0 Å². The molecule has 1 aromatic carbocycles. The van der Waals surface area contributed by atoms with Gasteiger partial charge in [0, 0.05) is 18.2 Å². The van der Waals surface area contributed by atoms with E-state index >= 15 is 0 Å². The maximum atomic E-state index is 12.6. The first-order valence-corrected chi connectivity index (χ1v) is 7.38. The van der Waals surface area contributed by atoms with Gasteiger partial charge in [0.05, 0.1) is 12.3 Å². The molecule has 1 fully saturated rings. The minimum atomic E-state index is 0.0683. The number of amides is 1. The number of hydrogen-bond acceptors (Lipinski definition) is 3. The highest BCUT2D eigenvalue weighted by molar-refractivity contribution is 5.95. The van der Waals surface area contributed by atoms with Crippen LogP contribution in [0.5, 0.6) is 5.75 Å². The highest BCUT2D eigenvalue weighted by atomic mass is 16.5. The number of anilines is 1. The second kappa shape index (κ2) is 6.16. The normalized spacial score (nSPS) is 22.6. The Labute approximate surface area is 120 Å². The number of ether oxygens (including phenoxy) is 1. The summed E-state index contributed by atoms with van der Waals surface area (Å²) in [5, 5.41) is 0. The number of carbonyl (C=O) groups is 1. The summed E-state index contributed by atoms with van der Waals surface area (Å²) in [6, 6.07) is 5.59. The molecule has 1 aromatic rings. The number of nitrogens with two attached hydrogens (primary N) is 1. The Morgan fingerprint density at radius 3 is 2.85 bits per heavy atom. The third kappa shape index (κ3) is 2.89. The first-order chi connectivity index (χ1) is 9.54. The Bertz CT molecular complexity index is 487. The maximum absolute atomic E-state index is 12.6. The average molecular weight is 276 g/mol. The predicted octanol–water partition coefficient (Wildman–Crippen LogP) is 2.93. The van der Waals surface area contributed by atoms with Crippen LogP contribution in [0.4, 0.5) is 5.69 Å². The second-order valence-corrected chi connectivity index (χ2v) is 5.54. The molecule has 1 heterocycles. The molecule has 4 heteroatoms. The predicted molar refractivity (Wildman–Crippen MR) is 80.9 cm³/mol. The summed E-state index contributed by atoms with van der Waals surface area (Å²) in [5.74, 6) is 1.26. The van der Waals surface area contributed by atoms with Crippen LogP contribution < -0.4 is 10.5 Å². The molecular weight excluding hydrogens is 252 g/mol. The molecule has 1 aliphatic heterocycles. The molecule has 2 N–H and O–H groups in total. The van der Waals surface area contributed by atoms with Gasteiger partial charge >= 0.3 is 0 Å². The summed E-state index contributed by atoms with van der Waals surface area (Å²) in [6.07, 6.45) is 2.26. The molecule has 4 nitrogen and oxygen atoms in total. The molecule has 1 saturated heterocycles. The fourth-order valence-electron chi connectivity index (χ4n) is 2.76. The third-order valence-electron chi connectivity index (χ3n) is 4.19. The lowest BCUT2D eigenvalue weighted by Crippen LogP contribution is -2.46. The van der Waals surface area contributed by atoms with Crippen molar-refractivity contribution >= 4 is 11.6 Å². The zero-order chi connectivity index (χ0) is 14.7. The van der Waals surface area contributed by atoms with Gasteiger partial charge in [0.15, 0.2) is 0 Å². The third-order valence-corrected chi connectivity index (χ3v) is 4.19. The van der Waals surface area contributed by atoms with E-state index in [4.69, 9.17) is 10.5 Å². The van der Waals surface area contributed by atoms with Gasteiger partial charge in [0.2, 0.25) is 0 Å². The van der Waals surface area contributed by atoms with Crippen LogP contribution in [0.2, 0.25) is 0 Å². The standard InChI is InChI=1S/C16H24N2O2/c1-4-20-15-8-7-13(10-14(15)17)16(19)18-9-5-6-11(2)12(18)3/h7-8,10-12H,4-6,9,17H2,1-3H3. The van der Waals surface area contributed by atoms with Gasteiger partial charge < -0.3 is 15.4 Å². The van der Waals surface area contributed by atoms with Crippen LogP contribution in [0.25, 0.3) is 0 Å². The molecule has 2 rings (SSSR count). The highest BCUT2D eigenvalue weighted by Gasteiger charge is 2.29. The van der Waals surface area contributed by atoms with Crippen molar-refractivity contribution in [1.29, 1.82) is 0 Å². The van der Waals surface area contributed by atoms with E-state index in [0.717, 1.165) is 13.0 Å². The molecule has 0 radical (unpaired) electrons. The molecule has 0 aliphatic carbocycles. The Balaban J connectivity index is 2.18. The fraction of sp³-hybridized carbons (Fsp3) is 0.562. The fourth-order valence-corrected chi connectivity index (χ4v) is 2.76. The lowest BCUT2D eigenvalue weighted by Gasteiger charge is -2.38. The minimum Gasteiger partial charge on any atom is -0.492 e. The first-order valence-electron chi connectivity index (χ1n) is 7.38. The second-order valence-electron chi connectivity index (χ2n) is 5.54. The van der Waals surface area contributed by atoms with Crippen molar-refractivity contribution in [3.05, 3.63) is 23.8 Å². The lowest BCUT2D eigenvalue weighted by atomic mass is 9.91. The smallest absolute Gasteiger partial charge is 0.254 e. The maximum Gasteiger partial charge on any atom is 0.254 e. The zero-order valence-corrected chi connectivity index (χ0v) is 12.6. The van der Waals surface area contributed by atoms with E-state index in [0.29, 0.717) is 29.5 Å². The highest BCUT2D eigenvalue weighted by Crippen LogP contribution is 2.27. The number of benzene rings is 1. The van der Waals surface area contributed by atoms with Crippen molar-refractivity contribution in [2.24, 2.45) is 5.92 Å². The quantitative estimate of drug-likeness (QED) is 0.864. The van der Waals surface area contributed by atoms with Crippen molar-refractivity contribution in [2.75, 3.05) is 18.9 Å². The average Bonchev–Trinajstić information content (AvgIpc) is 2.43. The summed E-state index contributed by atoms with van der Waals surface area (Å²) >= 11 is 0. The summed E-state index contributed by atoms with van der Waals surface area (Å²) in [7, 11) is 0. The summed E-state index contributed by atoms with van der Waals surface area (Å²) in [6.45, 7) is 7.64. The largest absolute Gasteiger partial charge is 0.492 e. The number of piperidine rings is 1. The van der Waals surface area contributed by atoms with E-state index in [1.807, 2.05) is 11.8 Å². The van der Waals surface area contributed by atoms with Crippen LogP contribution >= 0.6 is 0 Å². The number of rotatable bonds is 3. The van der Waals surface area contributed by atoms with E-state index in [1.54, 1.807) is 18.2 Å². The van der Waals surface area contributed by atoms with E-state index in [9.17, 15) is 4.79 Å². The van der Waals surface area contributed by atoms with Crippen molar-refractivity contribution in [3.63, 3.8) is 0 Å². The van der Waals surface area contributed by atoms with Crippen molar-refractivity contribution in [1.82, 2.24) is 4.90 Å². The molecule has 0 spiro atoms. The minimum absolute atomic E-state index is 0.0683. The zero-order valence-electron chi connectivity index (χ0n) is 12.6. The lowest BCUT2D eigenvalue weighted by molar-refractivity contribution is 0.0551. The van der Waals surface area contributed by atoms with E-state index in [-0.39, 0.29) is 11.9 Å². The number of nitrogen functional groups attached to an aromatic ring is 1. The van der Waals surface area contributed by atoms with Crippen LogP contribution in [0.3, 0.4) is 0 Å². The molecule has 1 amide bonds. The van der Waals surface area contributed by atoms with Gasteiger partial charge in [-0.05, 0) is 50.8 Å². The Morgan fingerprint density at radius 1 is 1.45 bits per heavy atom. The number of hydrogen-bond donors (Lipinski definition) is 1. The number of carbonyl (C=O) groups excluding carboxylic acids is 1. The molecule has 0 bridgehead atoms. The Morgan fingerprint density at radius 2 is 2.20 bits per heavy atom. The van der Waals surface area contributed by atoms with Gasteiger partial charge in [-0.1, -0.05) is 6.92 Å². The van der Waals surface area contributed by atoms with Crippen LogP contribution in [-0.4, -0.2) is 30.0 Å². The van der Waals surface area contributed by atoms with Crippen LogP contribution in [0, 0.1) is 5.92 Å². The monoisotopic (exact) mass is 276 g/mol. The van der Waals surface area contributed by atoms with E-state index in [1.165, 1.54) is 6.42 Å². The van der Waals surface area contributed by atoms with Gasteiger partial charge in [-0.3, -0.25) is 4.79 Å². The molecular formula is C16H24N2O2. The topological polar surface area (TPSA) is 55.6 Å². The molecule has 110 valence electrons. The van der Waals surface area contributed by atoms with Gasteiger partial charge in [-0.15, -0.1) is 0 Å². The summed E-state index contributed by atoms with van der Waals surface area (Å²) in [4.78, 5) is 14.6. The molecule has 0 aromatic heterocycles. The molecule has 20 heavy (non-hydrogen) atoms. The Kier molecular flexibility index (Phi) is 4.53. The number of nitrogens with zero attached hydrogens (tertiary/aromatic N) is 1. The van der Waals surface area contributed by atoms with E-state index < -0.39 is 0 Å². The van der Waals surface area contributed by atoms with Crippen molar-refractivity contribution in [3.8, 4) is 5.75 Å². The molecule has 2 unspecified atom stereocenters. The van der Waals surface area contributed by atoms with Crippen molar-refractivity contribution in [2.45, 2.75) is 39.7 Å². The summed E-state index contributed by atoms with van der Waals surface area (Å²) < 4.78 is 5.41. The van der Waals surface area contributed by atoms with Crippen LogP contribution in [0.15, 0.2) is 18.2 Å².